The van der Waals surface area contributed by atoms with Crippen molar-refractivity contribution in [3.63, 3.8) is 0 Å². The molecule has 0 aliphatic heterocycles. The third-order valence-corrected chi connectivity index (χ3v) is 3.29. The molecule has 0 amide bonds. The van der Waals surface area contributed by atoms with Crippen molar-refractivity contribution >= 4 is 10.9 Å². The first-order chi connectivity index (χ1) is 9.38. The molecule has 0 fully saturated rings. The van der Waals surface area contributed by atoms with Crippen molar-refractivity contribution in [2.24, 2.45) is 0 Å². The average molecular weight is 251 g/mol. The smallest absolute Gasteiger partial charge is 0.124 e. The van der Waals surface area contributed by atoms with Crippen molar-refractivity contribution in [1.29, 1.82) is 0 Å². The number of aromatic nitrogens is 1. The van der Waals surface area contributed by atoms with E-state index in [2.05, 4.69) is 53.2 Å². The van der Waals surface area contributed by atoms with Gasteiger partial charge in [-0.25, -0.2) is 0 Å². The van der Waals surface area contributed by atoms with Crippen LogP contribution >= 0.6 is 0 Å². The van der Waals surface area contributed by atoms with E-state index in [0.717, 1.165) is 12.3 Å². The monoisotopic (exact) mass is 251 g/mol. The fourth-order valence-electron chi connectivity index (χ4n) is 2.39. The molecular weight excluding hydrogens is 234 g/mol. The molecule has 0 unspecified atom stereocenters. The van der Waals surface area contributed by atoms with Gasteiger partial charge in [0.15, 0.2) is 0 Å². The number of para-hydroxylation sites is 2. The summed E-state index contributed by atoms with van der Waals surface area (Å²) < 4.78 is 7.94. The highest BCUT2D eigenvalue weighted by Crippen LogP contribution is 2.22. The minimum atomic E-state index is 0.698. The second kappa shape index (κ2) is 5.19. The van der Waals surface area contributed by atoms with Gasteiger partial charge in [-0.15, -0.1) is 0 Å². The SMILES string of the molecule is CCOc1ccccc1Cn1ccc2ccccc21. The average Bonchev–Trinajstić information content (AvgIpc) is 2.85. The van der Waals surface area contributed by atoms with Gasteiger partial charge >= 0.3 is 0 Å². The summed E-state index contributed by atoms with van der Waals surface area (Å²) in [5, 5.41) is 1.27. The van der Waals surface area contributed by atoms with E-state index in [1.165, 1.54) is 16.5 Å². The second-order valence-electron chi connectivity index (χ2n) is 4.54. The van der Waals surface area contributed by atoms with Crippen LogP contribution in [0.3, 0.4) is 0 Å². The second-order valence-corrected chi connectivity index (χ2v) is 4.54. The Kier molecular flexibility index (Phi) is 3.23. The zero-order valence-electron chi connectivity index (χ0n) is 11.0. The topological polar surface area (TPSA) is 14.2 Å². The lowest BCUT2D eigenvalue weighted by Gasteiger charge is -2.11. The van der Waals surface area contributed by atoms with Crippen molar-refractivity contribution in [2.45, 2.75) is 13.5 Å². The summed E-state index contributed by atoms with van der Waals surface area (Å²) >= 11 is 0. The molecule has 2 nitrogen and oxygen atoms in total. The third-order valence-electron chi connectivity index (χ3n) is 3.29. The number of nitrogens with zero attached hydrogens (tertiary/aromatic N) is 1. The van der Waals surface area contributed by atoms with Crippen LogP contribution in [-0.2, 0) is 6.54 Å². The van der Waals surface area contributed by atoms with Crippen molar-refractivity contribution in [3.05, 3.63) is 66.4 Å². The molecule has 2 aromatic carbocycles. The number of hydrogen-bond donors (Lipinski definition) is 0. The van der Waals surface area contributed by atoms with E-state index in [-0.39, 0.29) is 0 Å². The van der Waals surface area contributed by atoms with Gasteiger partial charge in [-0.05, 0) is 30.5 Å². The Morgan fingerprint density at radius 1 is 0.947 bits per heavy atom. The minimum absolute atomic E-state index is 0.698. The first-order valence-corrected chi connectivity index (χ1v) is 6.63. The van der Waals surface area contributed by atoms with E-state index in [1.807, 2.05) is 19.1 Å². The van der Waals surface area contributed by atoms with Gasteiger partial charge in [0.05, 0.1) is 13.2 Å². The fraction of sp³-hybridized carbons (Fsp3) is 0.176. The van der Waals surface area contributed by atoms with Gasteiger partial charge in [-0.3, -0.25) is 0 Å². The molecule has 1 heterocycles. The van der Waals surface area contributed by atoms with E-state index in [9.17, 15) is 0 Å². The van der Waals surface area contributed by atoms with E-state index in [1.54, 1.807) is 0 Å². The number of benzene rings is 2. The minimum Gasteiger partial charge on any atom is -0.494 e. The Bertz CT molecular complexity index is 684. The Morgan fingerprint density at radius 2 is 1.74 bits per heavy atom. The van der Waals surface area contributed by atoms with E-state index in [0.29, 0.717) is 6.61 Å². The van der Waals surface area contributed by atoms with Gasteiger partial charge < -0.3 is 9.30 Å². The summed E-state index contributed by atoms with van der Waals surface area (Å²) in [5.74, 6) is 0.975. The molecule has 0 saturated carbocycles. The van der Waals surface area contributed by atoms with Gasteiger partial charge in [0.1, 0.15) is 5.75 Å². The van der Waals surface area contributed by atoms with Crippen LogP contribution in [0.15, 0.2) is 60.8 Å². The molecule has 3 rings (SSSR count). The molecule has 0 radical (unpaired) electrons. The normalized spacial score (nSPS) is 10.8. The van der Waals surface area contributed by atoms with E-state index < -0.39 is 0 Å². The maximum absolute atomic E-state index is 5.68. The molecular formula is C17H17NO. The van der Waals surface area contributed by atoms with E-state index in [4.69, 9.17) is 4.74 Å². The maximum Gasteiger partial charge on any atom is 0.124 e. The van der Waals surface area contributed by atoms with Crippen LogP contribution in [0.2, 0.25) is 0 Å². The Hall–Kier alpha value is -2.22. The molecule has 96 valence electrons. The van der Waals surface area contributed by atoms with Crippen LogP contribution in [0.5, 0.6) is 5.75 Å². The summed E-state index contributed by atoms with van der Waals surface area (Å²) in [6, 6.07) is 18.8. The van der Waals surface area contributed by atoms with Crippen molar-refractivity contribution < 1.29 is 4.74 Å². The van der Waals surface area contributed by atoms with Gasteiger partial charge in [-0.1, -0.05) is 36.4 Å². The van der Waals surface area contributed by atoms with Crippen LogP contribution in [0.1, 0.15) is 12.5 Å². The molecule has 0 saturated heterocycles. The molecule has 0 bridgehead atoms. The predicted octanol–water partition coefficient (Wildman–Crippen LogP) is 4.09. The van der Waals surface area contributed by atoms with Crippen LogP contribution < -0.4 is 4.74 Å². The molecule has 2 heteroatoms. The lowest BCUT2D eigenvalue weighted by Crippen LogP contribution is -2.02. The number of fused-ring (bicyclic) bond motifs is 1. The lowest BCUT2D eigenvalue weighted by atomic mass is 10.2. The standard InChI is InChI=1S/C17H17NO/c1-2-19-17-10-6-4-8-15(17)13-18-12-11-14-7-3-5-9-16(14)18/h3-12H,2,13H2,1H3. The van der Waals surface area contributed by atoms with Gasteiger partial charge in [0.25, 0.3) is 0 Å². The lowest BCUT2D eigenvalue weighted by molar-refractivity contribution is 0.336. The first kappa shape index (κ1) is 11.8. The van der Waals surface area contributed by atoms with Crippen molar-refractivity contribution in [3.8, 4) is 5.75 Å². The first-order valence-electron chi connectivity index (χ1n) is 6.63. The van der Waals surface area contributed by atoms with E-state index >= 15 is 0 Å². The van der Waals surface area contributed by atoms with Crippen molar-refractivity contribution in [1.82, 2.24) is 4.57 Å². The molecule has 0 spiro atoms. The zero-order chi connectivity index (χ0) is 13.1. The summed E-state index contributed by atoms with van der Waals surface area (Å²) in [5.41, 5.74) is 2.47. The molecule has 19 heavy (non-hydrogen) atoms. The summed E-state index contributed by atoms with van der Waals surface area (Å²) in [6.07, 6.45) is 2.13. The highest BCUT2D eigenvalue weighted by Gasteiger charge is 2.05. The summed E-state index contributed by atoms with van der Waals surface area (Å²) in [7, 11) is 0. The Balaban J connectivity index is 1.97. The van der Waals surface area contributed by atoms with Gasteiger partial charge in [0, 0.05) is 17.3 Å². The van der Waals surface area contributed by atoms with Crippen LogP contribution in [0.25, 0.3) is 10.9 Å². The third kappa shape index (κ3) is 2.34. The Morgan fingerprint density at radius 3 is 2.63 bits per heavy atom. The highest BCUT2D eigenvalue weighted by atomic mass is 16.5. The molecule has 0 aliphatic carbocycles. The predicted molar refractivity (Wildman–Crippen MR) is 78.7 cm³/mol. The van der Waals surface area contributed by atoms with Gasteiger partial charge in [0.2, 0.25) is 0 Å². The van der Waals surface area contributed by atoms with Crippen LogP contribution in [0.4, 0.5) is 0 Å². The Labute approximate surface area is 113 Å². The van der Waals surface area contributed by atoms with Crippen LogP contribution in [-0.4, -0.2) is 11.2 Å². The molecule has 0 aliphatic rings. The van der Waals surface area contributed by atoms with Crippen molar-refractivity contribution in [2.75, 3.05) is 6.61 Å². The molecule has 0 N–H and O–H groups in total. The quantitative estimate of drug-likeness (QED) is 0.681. The maximum atomic E-state index is 5.68. The summed E-state index contributed by atoms with van der Waals surface area (Å²) in [6.45, 7) is 3.55. The number of rotatable bonds is 4. The van der Waals surface area contributed by atoms with Gasteiger partial charge in [-0.2, -0.15) is 0 Å². The van der Waals surface area contributed by atoms with Crippen LogP contribution in [0, 0.1) is 0 Å². The fourth-order valence-corrected chi connectivity index (χ4v) is 2.39. The number of ether oxygens (including phenoxy) is 1. The highest BCUT2D eigenvalue weighted by molar-refractivity contribution is 5.80. The largest absolute Gasteiger partial charge is 0.494 e. The summed E-state index contributed by atoms with van der Waals surface area (Å²) in [4.78, 5) is 0. The zero-order valence-corrected chi connectivity index (χ0v) is 11.0. The molecule has 1 aromatic heterocycles. The number of hydrogen-bond acceptors (Lipinski definition) is 1. The molecule has 3 aromatic rings. The molecule has 0 atom stereocenters.